The number of thioether (sulfide) groups is 1. The molecule has 124 valence electrons. The van der Waals surface area contributed by atoms with E-state index in [1.807, 2.05) is 29.7 Å². The van der Waals surface area contributed by atoms with Gasteiger partial charge in [0.25, 0.3) is 5.91 Å². The maximum absolute atomic E-state index is 12.6. The topological polar surface area (TPSA) is 59.5 Å². The van der Waals surface area contributed by atoms with Crippen LogP contribution in [0.2, 0.25) is 0 Å². The molecule has 0 bridgehead atoms. The number of aryl methyl sites for hydroxylation is 1. The summed E-state index contributed by atoms with van der Waals surface area (Å²) in [4.78, 5) is 14.5. The predicted molar refractivity (Wildman–Crippen MR) is 92.2 cm³/mol. The molecule has 0 spiro atoms. The molecule has 0 saturated carbocycles. The molecule has 22 heavy (non-hydrogen) atoms. The Labute approximate surface area is 137 Å². The van der Waals surface area contributed by atoms with Crippen molar-refractivity contribution in [1.29, 1.82) is 0 Å². The molecule has 1 aliphatic rings. The van der Waals surface area contributed by atoms with E-state index in [9.17, 15) is 4.79 Å². The SMILES string of the molecule is CCCCSCc1cc(C(=O)N2CCCC[C@@H](N)C2)oc1C. The number of likely N-dealkylation sites (tertiary alicyclic amines) is 1. The van der Waals surface area contributed by atoms with E-state index in [0.29, 0.717) is 12.3 Å². The van der Waals surface area contributed by atoms with Crippen LogP contribution in [0.5, 0.6) is 0 Å². The number of carbonyl (C=O) groups is 1. The molecule has 1 atom stereocenters. The molecule has 1 saturated heterocycles. The number of hydrogen-bond acceptors (Lipinski definition) is 4. The maximum Gasteiger partial charge on any atom is 0.289 e. The van der Waals surface area contributed by atoms with Crippen molar-refractivity contribution in [2.75, 3.05) is 18.8 Å². The Morgan fingerprint density at radius 3 is 3.09 bits per heavy atom. The molecule has 1 aliphatic heterocycles. The summed E-state index contributed by atoms with van der Waals surface area (Å²) in [5.74, 6) is 3.41. The third kappa shape index (κ3) is 4.78. The van der Waals surface area contributed by atoms with Gasteiger partial charge in [-0.3, -0.25) is 4.79 Å². The summed E-state index contributed by atoms with van der Waals surface area (Å²) < 4.78 is 5.72. The van der Waals surface area contributed by atoms with Gasteiger partial charge < -0.3 is 15.1 Å². The Morgan fingerprint density at radius 2 is 2.32 bits per heavy atom. The monoisotopic (exact) mass is 324 g/mol. The highest BCUT2D eigenvalue weighted by Crippen LogP contribution is 2.23. The zero-order valence-corrected chi connectivity index (χ0v) is 14.6. The average Bonchev–Trinajstić information content (AvgIpc) is 2.72. The Morgan fingerprint density at radius 1 is 1.50 bits per heavy atom. The van der Waals surface area contributed by atoms with Crippen molar-refractivity contribution in [2.45, 2.75) is 57.7 Å². The van der Waals surface area contributed by atoms with Gasteiger partial charge in [0.1, 0.15) is 5.76 Å². The quantitative estimate of drug-likeness (QED) is 0.813. The minimum Gasteiger partial charge on any atom is -0.456 e. The van der Waals surface area contributed by atoms with Gasteiger partial charge in [0.15, 0.2) is 5.76 Å². The predicted octanol–water partition coefficient (Wildman–Crippen LogP) is 3.57. The first-order valence-electron chi connectivity index (χ1n) is 8.33. The van der Waals surface area contributed by atoms with E-state index in [-0.39, 0.29) is 11.9 Å². The number of amides is 1. The maximum atomic E-state index is 12.6. The molecular weight excluding hydrogens is 296 g/mol. The van der Waals surface area contributed by atoms with Gasteiger partial charge in [-0.25, -0.2) is 0 Å². The first kappa shape index (κ1) is 17.4. The van der Waals surface area contributed by atoms with Gasteiger partial charge in [-0.05, 0) is 38.0 Å². The molecule has 0 aromatic carbocycles. The summed E-state index contributed by atoms with van der Waals surface area (Å²) in [6, 6.07) is 2.01. The standard InChI is InChI=1S/C17H28N2O2S/c1-3-4-9-22-12-14-10-16(21-13(14)2)17(20)19-8-6-5-7-15(18)11-19/h10,15H,3-9,11-12,18H2,1-2H3/t15-/m1/s1. The number of carbonyl (C=O) groups excluding carboxylic acids is 1. The summed E-state index contributed by atoms with van der Waals surface area (Å²) in [6.07, 6.45) is 5.58. The van der Waals surface area contributed by atoms with Crippen molar-refractivity contribution in [1.82, 2.24) is 4.90 Å². The van der Waals surface area contributed by atoms with Crippen molar-refractivity contribution in [3.63, 3.8) is 0 Å². The molecule has 4 nitrogen and oxygen atoms in total. The highest BCUT2D eigenvalue weighted by atomic mass is 32.2. The Bertz CT molecular complexity index is 487. The minimum absolute atomic E-state index is 0.00902. The molecule has 1 amide bonds. The van der Waals surface area contributed by atoms with Crippen molar-refractivity contribution >= 4 is 17.7 Å². The summed E-state index contributed by atoms with van der Waals surface area (Å²) >= 11 is 1.90. The van der Waals surface area contributed by atoms with E-state index in [1.165, 1.54) is 12.8 Å². The first-order chi connectivity index (χ1) is 10.6. The van der Waals surface area contributed by atoms with Crippen LogP contribution in [0.4, 0.5) is 0 Å². The van der Waals surface area contributed by atoms with Gasteiger partial charge in [-0.15, -0.1) is 0 Å². The van der Waals surface area contributed by atoms with Gasteiger partial charge in [-0.2, -0.15) is 11.8 Å². The second kappa shape index (κ2) is 8.63. The molecule has 2 heterocycles. The van der Waals surface area contributed by atoms with Gasteiger partial charge >= 0.3 is 0 Å². The minimum atomic E-state index is -0.00902. The third-order valence-electron chi connectivity index (χ3n) is 4.13. The highest BCUT2D eigenvalue weighted by molar-refractivity contribution is 7.98. The van der Waals surface area contributed by atoms with Crippen molar-refractivity contribution in [2.24, 2.45) is 5.73 Å². The van der Waals surface area contributed by atoms with Crippen molar-refractivity contribution in [3.05, 3.63) is 23.2 Å². The van der Waals surface area contributed by atoms with Crippen LogP contribution in [0.3, 0.4) is 0 Å². The Balaban J connectivity index is 1.97. The molecule has 2 N–H and O–H groups in total. The second-order valence-corrected chi connectivity index (χ2v) is 7.21. The van der Waals surface area contributed by atoms with Gasteiger partial charge in [-0.1, -0.05) is 19.8 Å². The summed E-state index contributed by atoms with van der Waals surface area (Å²) in [5, 5.41) is 0. The summed E-state index contributed by atoms with van der Waals surface area (Å²) in [7, 11) is 0. The smallest absolute Gasteiger partial charge is 0.289 e. The van der Waals surface area contributed by atoms with E-state index in [4.69, 9.17) is 10.2 Å². The van der Waals surface area contributed by atoms with Gasteiger partial charge in [0.2, 0.25) is 0 Å². The Kier molecular flexibility index (Phi) is 6.83. The average molecular weight is 324 g/mol. The van der Waals surface area contributed by atoms with Crippen LogP contribution >= 0.6 is 11.8 Å². The molecule has 1 aromatic rings. The second-order valence-electron chi connectivity index (χ2n) is 6.11. The van der Waals surface area contributed by atoms with Crippen molar-refractivity contribution < 1.29 is 9.21 Å². The largest absolute Gasteiger partial charge is 0.456 e. The lowest BCUT2D eigenvalue weighted by atomic mass is 10.2. The van der Waals surface area contributed by atoms with Crippen LogP contribution in [-0.2, 0) is 5.75 Å². The van der Waals surface area contributed by atoms with Gasteiger partial charge in [0, 0.05) is 30.4 Å². The number of rotatable bonds is 6. The lowest BCUT2D eigenvalue weighted by Gasteiger charge is -2.21. The summed E-state index contributed by atoms with van der Waals surface area (Å²) in [6.45, 7) is 5.57. The molecule has 1 fully saturated rings. The fourth-order valence-corrected chi connectivity index (χ4v) is 3.86. The Hall–Kier alpha value is -0.940. The first-order valence-corrected chi connectivity index (χ1v) is 9.49. The number of nitrogens with two attached hydrogens (primary N) is 1. The lowest BCUT2D eigenvalue weighted by Crippen LogP contribution is -2.39. The molecular formula is C17H28N2O2S. The summed E-state index contributed by atoms with van der Waals surface area (Å²) in [5.41, 5.74) is 7.18. The number of furan rings is 1. The van der Waals surface area contributed by atoms with E-state index >= 15 is 0 Å². The number of hydrogen-bond donors (Lipinski definition) is 1. The van der Waals surface area contributed by atoms with Crippen LogP contribution in [0, 0.1) is 6.92 Å². The van der Waals surface area contributed by atoms with Crippen LogP contribution in [0.1, 0.15) is 60.9 Å². The van der Waals surface area contributed by atoms with E-state index < -0.39 is 0 Å². The molecule has 2 rings (SSSR count). The molecule has 0 aliphatic carbocycles. The lowest BCUT2D eigenvalue weighted by molar-refractivity contribution is 0.0721. The van der Waals surface area contributed by atoms with Crippen molar-refractivity contribution in [3.8, 4) is 0 Å². The highest BCUT2D eigenvalue weighted by Gasteiger charge is 2.24. The number of nitrogens with zero attached hydrogens (tertiary/aromatic N) is 1. The zero-order chi connectivity index (χ0) is 15.9. The van der Waals surface area contributed by atoms with Crippen LogP contribution in [-0.4, -0.2) is 35.7 Å². The van der Waals surface area contributed by atoms with Crippen LogP contribution < -0.4 is 5.73 Å². The third-order valence-corrected chi connectivity index (χ3v) is 5.22. The molecule has 0 radical (unpaired) electrons. The fraction of sp³-hybridized carbons (Fsp3) is 0.706. The van der Waals surface area contributed by atoms with Gasteiger partial charge in [0.05, 0.1) is 0 Å². The number of unbranched alkanes of at least 4 members (excludes halogenated alkanes) is 1. The zero-order valence-electron chi connectivity index (χ0n) is 13.8. The van der Waals surface area contributed by atoms with E-state index in [0.717, 1.165) is 48.6 Å². The van der Waals surface area contributed by atoms with Crippen LogP contribution in [0.25, 0.3) is 0 Å². The molecule has 5 heteroatoms. The molecule has 0 unspecified atom stereocenters. The normalized spacial score (nSPS) is 19.2. The molecule has 1 aromatic heterocycles. The van der Waals surface area contributed by atoms with E-state index in [1.54, 1.807) is 0 Å². The fourth-order valence-electron chi connectivity index (χ4n) is 2.71. The van der Waals surface area contributed by atoms with E-state index in [2.05, 4.69) is 6.92 Å². The van der Waals surface area contributed by atoms with Crippen LogP contribution in [0.15, 0.2) is 10.5 Å².